The number of anilines is 3. The molecule has 27 heavy (non-hydrogen) atoms. The van der Waals surface area contributed by atoms with E-state index in [-0.39, 0.29) is 5.91 Å². The number of carbonyl (C=O) groups is 1. The first-order valence-corrected chi connectivity index (χ1v) is 8.59. The largest absolute Gasteiger partial charge is 0.339 e. The molecule has 0 unspecified atom stereocenters. The molecule has 0 fully saturated rings. The summed E-state index contributed by atoms with van der Waals surface area (Å²) < 4.78 is 0. The van der Waals surface area contributed by atoms with Crippen molar-refractivity contribution in [1.82, 2.24) is 4.98 Å². The number of nitriles is 1. The molecule has 0 aliphatic rings. The molecule has 0 bridgehead atoms. The summed E-state index contributed by atoms with van der Waals surface area (Å²) in [6, 6.07) is 16.8. The summed E-state index contributed by atoms with van der Waals surface area (Å²) in [5.41, 5.74) is 5.73. The molecule has 5 nitrogen and oxygen atoms in total. The van der Waals surface area contributed by atoms with E-state index in [4.69, 9.17) is 5.26 Å². The Morgan fingerprint density at radius 2 is 1.74 bits per heavy atom. The molecule has 0 saturated heterocycles. The fraction of sp³-hybridized carbons (Fsp3) is 0.136. The predicted molar refractivity (Wildman–Crippen MR) is 107 cm³/mol. The second-order valence-corrected chi connectivity index (χ2v) is 6.44. The van der Waals surface area contributed by atoms with Crippen molar-refractivity contribution in [2.24, 2.45) is 0 Å². The lowest BCUT2D eigenvalue weighted by atomic mass is 10.0. The Labute approximate surface area is 158 Å². The second-order valence-electron chi connectivity index (χ2n) is 6.44. The predicted octanol–water partition coefficient (Wildman–Crippen LogP) is 4.87. The molecule has 3 aromatic rings. The average Bonchev–Trinajstić information content (AvgIpc) is 2.65. The number of hydrogen-bond donors (Lipinski definition) is 2. The zero-order valence-corrected chi connectivity index (χ0v) is 15.5. The summed E-state index contributed by atoms with van der Waals surface area (Å²) in [6.07, 6.45) is 1.52. The van der Waals surface area contributed by atoms with Gasteiger partial charge in [-0.15, -0.1) is 0 Å². The minimum atomic E-state index is -0.207. The van der Waals surface area contributed by atoms with Gasteiger partial charge in [-0.2, -0.15) is 5.26 Å². The van der Waals surface area contributed by atoms with Gasteiger partial charge in [-0.05, 0) is 56.2 Å². The van der Waals surface area contributed by atoms with Crippen LogP contribution in [0.3, 0.4) is 0 Å². The van der Waals surface area contributed by atoms with E-state index in [0.717, 1.165) is 22.4 Å². The van der Waals surface area contributed by atoms with Gasteiger partial charge >= 0.3 is 0 Å². The van der Waals surface area contributed by atoms with E-state index in [2.05, 4.69) is 21.7 Å². The van der Waals surface area contributed by atoms with E-state index in [9.17, 15) is 4.79 Å². The van der Waals surface area contributed by atoms with Crippen molar-refractivity contribution in [3.63, 3.8) is 0 Å². The van der Waals surface area contributed by atoms with E-state index in [0.29, 0.717) is 22.6 Å². The molecular formula is C22H20N4O. The number of carbonyl (C=O) groups excluding carboxylic acids is 1. The van der Waals surface area contributed by atoms with Crippen molar-refractivity contribution in [3.05, 3.63) is 82.5 Å². The summed E-state index contributed by atoms with van der Waals surface area (Å²) in [6.45, 7) is 5.99. The molecule has 5 heteroatoms. The van der Waals surface area contributed by atoms with Gasteiger partial charge in [0, 0.05) is 11.9 Å². The van der Waals surface area contributed by atoms with Crippen LogP contribution in [0.5, 0.6) is 0 Å². The van der Waals surface area contributed by atoms with Crippen LogP contribution >= 0.6 is 0 Å². The molecule has 0 aliphatic heterocycles. The van der Waals surface area contributed by atoms with E-state index in [1.165, 1.54) is 6.20 Å². The molecule has 134 valence electrons. The first-order valence-electron chi connectivity index (χ1n) is 8.59. The average molecular weight is 356 g/mol. The number of para-hydroxylation sites is 1. The van der Waals surface area contributed by atoms with Gasteiger partial charge in [0.2, 0.25) is 0 Å². The highest BCUT2D eigenvalue weighted by molar-refractivity contribution is 6.05. The van der Waals surface area contributed by atoms with E-state index >= 15 is 0 Å². The third-order valence-corrected chi connectivity index (χ3v) is 4.25. The SMILES string of the molecule is Cc1cc(C)c(NC(=O)c2ccc(Nc3ccccc3C#N)nc2)c(C)c1. The highest BCUT2D eigenvalue weighted by Gasteiger charge is 2.11. The number of hydrogen-bond acceptors (Lipinski definition) is 4. The number of nitrogens with one attached hydrogen (secondary N) is 2. The van der Waals surface area contributed by atoms with Crippen LogP contribution in [0, 0.1) is 32.1 Å². The normalized spacial score (nSPS) is 10.1. The van der Waals surface area contributed by atoms with Gasteiger partial charge in [-0.25, -0.2) is 4.98 Å². The monoisotopic (exact) mass is 356 g/mol. The Morgan fingerprint density at radius 3 is 2.37 bits per heavy atom. The number of aryl methyl sites for hydroxylation is 3. The van der Waals surface area contributed by atoms with Crippen LogP contribution in [0.25, 0.3) is 0 Å². The molecule has 0 atom stereocenters. The lowest BCUT2D eigenvalue weighted by Gasteiger charge is -2.13. The maximum Gasteiger partial charge on any atom is 0.257 e. The van der Waals surface area contributed by atoms with Gasteiger partial charge in [0.05, 0.1) is 16.8 Å². The van der Waals surface area contributed by atoms with E-state index in [1.54, 1.807) is 24.3 Å². The van der Waals surface area contributed by atoms with Crippen LogP contribution in [-0.2, 0) is 0 Å². The van der Waals surface area contributed by atoms with Crippen molar-refractivity contribution in [2.45, 2.75) is 20.8 Å². The van der Waals surface area contributed by atoms with E-state index < -0.39 is 0 Å². The third kappa shape index (κ3) is 4.13. The molecule has 1 heterocycles. The quantitative estimate of drug-likeness (QED) is 0.699. The third-order valence-electron chi connectivity index (χ3n) is 4.25. The second kappa shape index (κ2) is 7.71. The fourth-order valence-corrected chi connectivity index (χ4v) is 2.99. The Balaban J connectivity index is 1.76. The van der Waals surface area contributed by atoms with Crippen molar-refractivity contribution in [2.75, 3.05) is 10.6 Å². The number of amides is 1. The van der Waals surface area contributed by atoms with Crippen LogP contribution < -0.4 is 10.6 Å². The van der Waals surface area contributed by atoms with Gasteiger partial charge < -0.3 is 10.6 Å². The molecule has 0 saturated carbocycles. The Kier molecular flexibility index (Phi) is 5.18. The van der Waals surface area contributed by atoms with Crippen LogP contribution in [-0.4, -0.2) is 10.9 Å². The summed E-state index contributed by atoms with van der Waals surface area (Å²) in [7, 11) is 0. The van der Waals surface area contributed by atoms with E-state index in [1.807, 2.05) is 45.0 Å². The smallest absolute Gasteiger partial charge is 0.257 e. The Bertz CT molecular complexity index is 1010. The Morgan fingerprint density at radius 1 is 1.04 bits per heavy atom. The van der Waals surface area contributed by atoms with Gasteiger partial charge in [-0.1, -0.05) is 29.8 Å². The van der Waals surface area contributed by atoms with Crippen molar-refractivity contribution in [1.29, 1.82) is 5.26 Å². The fourth-order valence-electron chi connectivity index (χ4n) is 2.99. The molecule has 2 aromatic carbocycles. The van der Waals surface area contributed by atoms with Crippen LogP contribution in [0.2, 0.25) is 0 Å². The first-order chi connectivity index (χ1) is 13.0. The summed E-state index contributed by atoms with van der Waals surface area (Å²) in [5.74, 6) is 0.360. The molecule has 1 amide bonds. The zero-order chi connectivity index (χ0) is 19.4. The van der Waals surface area contributed by atoms with Gasteiger partial charge in [0.1, 0.15) is 11.9 Å². The zero-order valence-electron chi connectivity index (χ0n) is 15.5. The maximum absolute atomic E-state index is 12.6. The highest BCUT2D eigenvalue weighted by atomic mass is 16.1. The molecule has 0 radical (unpaired) electrons. The van der Waals surface area contributed by atoms with Crippen LogP contribution in [0.1, 0.15) is 32.6 Å². The van der Waals surface area contributed by atoms with Gasteiger partial charge in [-0.3, -0.25) is 4.79 Å². The number of nitrogens with zero attached hydrogens (tertiary/aromatic N) is 2. The van der Waals surface area contributed by atoms with Gasteiger partial charge in [0.25, 0.3) is 5.91 Å². The van der Waals surface area contributed by atoms with Crippen molar-refractivity contribution < 1.29 is 4.79 Å². The molecule has 0 aliphatic carbocycles. The maximum atomic E-state index is 12.6. The minimum Gasteiger partial charge on any atom is -0.339 e. The number of benzene rings is 2. The topological polar surface area (TPSA) is 77.8 Å². The minimum absolute atomic E-state index is 0.207. The molecule has 1 aromatic heterocycles. The van der Waals surface area contributed by atoms with Crippen molar-refractivity contribution >= 4 is 23.1 Å². The number of pyridine rings is 1. The summed E-state index contributed by atoms with van der Waals surface area (Å²) >= 11 is 0. The molecule has 2 N–H and O–H groups in total. The van der Waals surface area contributed by atoms with Gasteiger partial charge in [0.15, 0.2) is 0 Å². The number of aromatic nitrogens is 1. The molecular weight excluding hydrogens is 336 g/mol. The van der Waals surface area contributed by atoms with Crippen LogP contribution in [0.4, 0.5) is 17.2 Å². The molecule has 3 rings (SSSR count). The Hall–Kier alpha value is -3.65. The number of rotatable bonds is 4. The lowest BCUT2D eigenvalue weighted by Crippen LogP contribution is -2.14. The summed E-state index contributed by atoms with van der Waals surface area (Å²) in [4.78, 5) is 16.8. The first kappa shape index (κ1) is 18.2. The molecule has 0 spiro atoms. The lowest BCUT2D eigenvalue weighted by molar-refractivity contribution is 0.102. The summed E-state index contributed by atoms with van der Waals surface area (Å²) in [5, 5.41) is 15.2. The van der Waals surface area contributed by atoms with Crippen LogP contribution in [0.15, 0.2) is 54.7 Å². The standard InChI is InChI=1S/C22H20N4O/c1-14-10-15(2)21(16(3)11-14)26-22(27)18-8-9-20(24-13-18)25-19-7-5-4-6-17(19)12-23/h4-11,13H,1-3H3,(H,24,25)(H,26,27). The van der Waals surface area contributed by atoms with Crippen molar-refractivity contribution in [3.8, 4) is 6.07 Å². The highest BCUT2D eigenvalue weighted by Crippen LogP contribution is 2.23.